The van der Waals surface area contributed by atoms with E-state index in [1.807, 2.05) is 0 Å². The Morgan fingerprint density at radius 2 is 2.14 bits per heavy atom. The second-order valence-electron chi connectivity index (χ2n) is 4.94. The summed E-state index contributed by atoms with van der Waals surface area (Å²) >= 11 is 1.49. The SMILES string of the molecule is CC1=C(C(=O)OCc2ccc([N+](=O)[O-])cc2)N2C(=O)CC2S1. The summed E-state index contributed by atoms with van der Waals surface area (Å²) in [5.41, 5.74) is 0.942. The first-order chi connectivity index (χ1) is 10.5. The molecule has 1 unspecified atom stereocenters. The number of nitro benzene ring substituents is 1. The molecule has 2 aliphatic rings. The molecule has 1 aromatic carbocycles. The second kappa shape index (κ2) is 5.45. The first kappa shape index (κ1) is 14.6. The van der Waals surface area contributed by atoms with Crippen molar-refractivity contribution in [3.05, 3.63) is 50.5 Å². The molecule has 114 valence electrons. The van der Waals surface area contributed by atoms with Gasteiger partial charge in [-0.05, 0) is 24.6 Å². The number of fused-ring (bicyclic) bond motifs is 1. The molecular weight excluding hydrogens is 308 g/mol. The molecule has 1 saturated heterocycles. The number of non-ortho nitro benzene ring substituents is 1. The molecule has 0 aromatic heterocycles. The van der Waals surface area contributed by atoms with E-state index in [0.29, 0.717) is 17.7 Å². The molecule has 0 saturated carbocycles. The van der Waals surface area contributed by atoms with Gasteiger partial charge in [0.2, 0.25) is 5.91 Å². The van der Waals surface area contributed by atoms with Gasteiger partial charge in [0, 0.05) is 17.0 Å². The maximum atomic E-state index is 12.1. The van der Waals surface area contributed by atoms with Gasteiger partial charge in [-0.3, -0.25) is 19.8 Å². The van der Waals surface area contributed by atoms with Gasteiger partial charge in [0.25, 0.3) is 5.69 Å². The van der Waals surface area contributed by atoms with Crippen LogP contribution >= 0.6 is 11.8 Å². The first-order valence-corrected chi connectivity index (χ1v) is 7.45. The van der Waals surface area contributed by atoms with Crippen LogP contribution in [0.3, 0.4) is 0 Å². The summed E-state index contributed by atoms with van der Waals surface area (Å²) in [5, 5.41) is 10.6. The number of nitro groups is 1. The van der Waals surface area contributed by atoms with Crippen LogP contribution in [0, 0.1) is 10.1 Å². The Morgan fingerprint density at radius 1 is 1.45 bits per heavy atom. The zero-order valence-corrected chi connectivity index (χ0v) is 12.5. The van der Waals surface area contributed by atoms with Crippen LogP contribution < -0.4 is 0 Å². The molecule has 1 amide bonds. The van der Waals surface area contributed by atoms with Gasteiger partial charge in [0.15, 0.2) is 0 Å². The predicted molar refractivity (Wildman–Crippen MR) is 78.4 cm³/mol. The van der Waals surface area contributed by atoms with Gasteiger partial charge >= 0.3 is 5.97 Å². The Balaban J connectivity index is 1.64. The van der Waals surface area contributed by atoms with E-state index in [2.05, 4.69) is 0 Å². The van der Waals surface area contributed by atoms with E-state index >= 15 is 0 Å². The van der Waals surface area contributed by atoms with E-state index in [1.54, 1.807) is 6.92 Å². The van der Waals surface area contributed by atoms with Crippen LogP contribution in [0.4, 0.5) is 5.69 Å². The maximum Gasteiger partial charge on any atom is 0.356 e. The lowest BCUT2D eigenvalue weighted by Gasteiger charge is -2.34. The first-order valence-electron chi connectivity index (χ1n) is 6.57. The van der Waals surface area contributed by atoms with Crippen molar-refractivity contribution in [3.63, 3.8) is 0 Å². The lowest BCUT2D eigenvalue weighted by atomic mass is 10.1. The number of hydrogen-bond donors (Lipinski definition) is 0. The zero-order chi connectivity index (χ0) is 15.9. The average molecular weight is 320 g/mol. The molecule has 1 fully saturated rings. The molecule has 1 atom stereocenters. The fourth-order valence-electron chi connectivity index (χ4n) is 2.35. The number of amides is 1. The molecule has 2 heterocycles. The van der Waals surface area contributed by atoms with Crippen molar-refractivity contribution in [3.8, 4) is 0 Å². The van der Waals surface area contributed by atoms with Gasteiger partial charge < -0.3 is 4.74 Å². The smallest absolute Gasteiger partial charge is 0.356 e. The minimum absolute atomic E-state index is 0.00493. The molecule has 2 aliphatic heterocycles. The summed E-state index contributed by atoms with van der Waals surface area (Å²) in [4.78, 5) is 36.0. The monoisotopic (exact) mass is 320 g/mol. The highest BCUT2D eigenvalue weighted by Gasteiger charge is 2.47. The van der Waals surface area contributed by atoms with E-state index in [4.69, 9.17) is 4.74 Å². The number of thioether (sulfide) groups is 1. The molecular formula is C14H12N2O5S. The van der Waals surface area contributed by atoms with Gasteiger partial charge in [0.1, 0.15) is 12.3 Å². The summed E-state index contributed by atoms with van der Waals surface area (Å²) in [6.07, 6.45) is 0.446. The molecule has 22 heavy (non-hydrogen) atoms. The predicted octanol–water partition coefficient (Wildman–Crippen LogP) is 2.17. The van der Waals surface area contributed by atoms with E-state index in [-0.39, 0.29) is 23.6 Å². The standard InChI is InChI=1S/C14H12N2O5S/c1-8-13(15-11(17)6-12(15)22-8)14(18)21-7-9-2-4-10(5-3-9)16(19)20/h2-5,12H,6-7H2,1H3. The number of β-lactam (4-membered cyclic amide) rings is 1. The number of esters is 1. The summed E-state index contributed by atoms with van der Waals surface area (Å²) in [5.74, 6) is -0.615. The molecule has 1 aromatic rings. The molecule has 0 N–H and O–H groups in total. The number of carbonyl (C=O) groups is 2. The number of hydrogen-bond acceptors (Lipinski definition) is 6. The fourth-order valence-corrected chi connectivity index (χ4v) is 3.61. The summed E-state index contributed by atoms with van der Waals surface area (Å²) in [7, 11) is 0. The van der Waals surface area contributed by atoms with Crippen LogP contribution in [0.15, 0.2) is 34.9 Å². The van der Waals surface area contributed by atoms with Crippen molar-refractivity contribution in [1.82, 2.24) is 4.90 Å². The number of nitrogens with zero attached hydrogens (tertiary/aromatic N) is 2. The quantitative estimate of drug-likeness (QED) is 0.365. The van der Waals surface area contributed by atoms with Crippen molar-refractivity contribution >= 4 is 29.3 Å². The van der Waals surface area contributed by atoms with E-state index in [1.165, 1.54) is 40.9 Å². The Morgan fingerprint density at radius 3 is 2.73 bits per heavy atom. The molecule has 0 radical (unpaired) electrons. The maximum absolute atomic E-state index is 12.1. The van der Waals surface area contributed by atoms with Gasteiger partial charge in [0.05, 0.1) is 16.7 Å². The molecule has 0 aliphatic carbocycles. The van der Waals surface area contributed by atoms with Gasteiger partial charge in [-0.1, -0.05) is 0 Å². The summed E-state index contributed by atoms with van der Waals surface area (Å²) in [6, 6.07) is 5.78. The van der Waals surface area contributed by atoms with Crippen LogP contribution in [0.2, 0.25) is 0 Å². The van der Waals surface area contributed by atoms with Gasteiger partial charge in [-0.25, -0.2) is 4.79 Å². The van der Waals surface area contributed by atoms with Crippen molar-refractivity contribution in [1.29, 1.82) is 0 Å². The highest BCUT2D eigenvalue weighted by molar-refractivity contribution is 8.04. The third-order valence-electron chi connectivity index (χ3n) is 3.50. The Hall–Kier alpha value is -2.35. The topological polar surface area (TPSA) is 89.8 Å². The van der Waals surface area contributed by atoms with Crippen LogP contribution in [-0.4, -0.2) is 27.1 Å². The van der Waals surface area contributed by atoms with Crippen molar-refractivity contribution in [2.45, 2.75) is 25.3 Å². The third kappa shape index (κ3) is 2.45. The minimum Gasteiger partial charge on any atom is -0.456 e. The largest absolute Gasteiger partial charge is 0.456 e. The molecule has 7 nitrogen and oxygen atoms in total. The molecule has 0 bridgehead atoms. The van der Waals surface area contributed by atoms with Crippen molar-refractivity contribution in [2.75, 3.05) is 0 Å². The van der Waals surface area contributed by atoms with Crippen LogP contribution in [0.25, 0.3) is 0 Å². The lowest BCUT2D eigenvalue weighted by Crippen LogP contribution is -2.48. The average Bonchev–Trinajstić information content (AvgIpc) is 2.76. The molecule has 3 rings (SSSR count). The van der Waals surface area contributed by atoms with Crippen molar-refractivity contribution < 1.29 is 19.2 Å². The van der Waals surface area contributed by atoms with Crippen LogP contribution in [0.1, 0.15) is 18.9 Å². The molecule has 0 spiro atoms. The Bertz CT molecular complexity index is 698. The van der Waals surface area contributed by atoms with Crippen LogP contribution in [-0.2, 0) is 20.9 Å². The van der Waals surface area contributed by atoms with E-state index in [9.17, 15) is 19.7 Å². The van der Waals surface area contributed by atoms with E-state index < -0.39 is 10.9 Å². The van der Waals surface area contributed by atoms with Gasteiger partial charge in [-0.15, -0.1) is 11.8 Å². The van der Waals surface area contributed by atoms with Crippen molar-refractivity contribution in [2.24, 2.45) is 0 Å². The number of ether oxygens (including phenoxy) is 1. The summed E-state index contributed by atoms with van der Waals surface area (Å²) < 4.78 is 5.21. The highest BCUT2D eigenvalue weighted by atomic mass is 32.2. The Kier molecular flexibility index (Phi) is 3.61. The normalized spacial score (nSPS) is 19.8. The third-order valence-corrected chi connectivity index (χ3v) is 4.70. The second-order valence-corrected chi connectivity index (χ2v) is 6.34. The molecule has 8 heteroatoms. The summed E-state index contributed by atoms with van der Waals surface area (Å²) in [6.45, 7) is 1.80. The fraction of sp³-hybridized carbons (Fsp3) is 0.286. The van der Waals surface area contributed by atoms with Crippen LogP contribution in [0.5, 0.6) is 0 Å². The number of benzene rings is 1. The number of rotatable bonds is 4. The highest BCUT2D eigenvalue weighted by Crippen LogP contribution is 2.45. The Labute approximate surface area is 130 Å². The van der Waals surface area contributed by atoms with E-state index in [0.717, 1.165) is 4.91 Å². The number of allylic oxidation sites excluding steroid dienone is 1. The zero-order valence-electron chi connectivity index (χ0n) is 11.6. The lowest BCUT2D eigenvalue weighted by molar-refractivity contribution is -0.384. The number of carbonyl (C=O) groups excluding carboxylic acids is 2. The van der Waals surface area contributed by atoms with Gasteiger partial charge in [-0.2, -0.15) is 0 Å². The minimum atomic E-state index is -0.543.